The van der Waals surface area contributed by atoms with Gasteiger partial charge < -0.3 is 10.3 Å². The molecule has 0 bridgehead atoms. The molecule has 1 aromatic heterocycles. The molecule has 1 unspecified atom stereocenters. The Hall–Kier alpha value is -1.68. The lowest BCUT2D eigenvalue weighted by Crippen LogP contribution is -2.15. The third kappa shape index (κ3) is 2.06. The van der Waals surface area contributed by atoms with Crippen LogP contribution < -0.4 is 5.73 Å². The lowest BCUT2D eigenvalue weighted by atomic mass is 9.97. The van der Waals surface area contributed by atoms with Gasteiger partial charge in [-0.15, -0.1) is 0 Å². The molecule has 2 aliphatic carbocycles. The molecule has 19 heavy (non-hydrogen) atoms. The Morgan fingerprint density at radius 1 is 1.11 bits per heavy atom. The van der Waals surface area contributed by atoms with E-state index >= 15 is 0 Å². The van der Waals surface area contributed by atoms with E-state index in [1.54, 1.807) is 0 Å². The molecule has 4 heteroatoms. The highest BCUT2D eigenvalue weighted by molar-refractivity contribution is 5.37. The molecule has 0 spiro atoms. The minimum atomic E-state index is -0.270. The monoisotopic (exact) mass is 255 g/mol. The molecule has 4 nitrogen and oxygen atoms in total. The Bertz CT molecular complexity index is 599. The molecule has 0 saturated heterocycles. The third-order valence-electron chi connectivity index (χ3n) is 4.01. The van der Waals surface area contributed by atoms with E-state index in [2.05, 4.69) is 28.3 Å². The number of benzene rings is 1. The van der Waals surface area contributed by atoms with Crippen LogP contribution in [0.3, 0.4) is 0 Å². The maximum Gasteiger partial charge on any atom is 0.229 e. The van der Waals surface area contributed by atoms with Crippen molar-refractivity contribution in [1.82, 2.24) is 10.1 Å². The molecule has 1 aromatic carbocycles. The van der Waals surface area contributed by atoms with Crippen molar-refractivity contribution >= 4 is 0 Å². The lowest BCUT2D eigenvalue weighted by molar-refractivity contribution is 0.372. The summed E-state index contributed by atoms with van der Waals surface area (Å²) in [6.45, 7) is 0. The zero-order chi connectivity index (χ0) is 12.8. The Morgan fingerprint density at radius 2 is 1.84 bits per heavy atom. The molecule has 4 rings (SSSR count). The lowest BCUT2D eigenvalue weighted by Gasteiger charge is -2.12. The van der Waals surface area contributed by atoms with Crippen LogP contribution in [0.2, 0.25) is 0 Å². The normalized spacial score (nSPS) is 20.5. The summed E-state index contributed by atoms with van der Waals surface area (Å²) in [5.41, 5.74) is 8.83. The number of hydrogen-bond donors (Lipinski definition) is 1. The molecule has 2 aromatic rings. The standard InChI is InChI=1S/C15H17N3O/c16-13(14-17-15(19-18-14)10-7-8-10)12-4-2-1-3-11(12)9-5-6-9/h1-4,9-10,13H,5-8,16H2. The highest BCUT2D eigenvalue weighted by Crippen LogP contribution is 2.43. The predicted molar refractivity (Wildman–Crippen MR) is 70.7 cm³/mol. The average molecular weight is 255 g/mol. The van der Waals surface area contributed by atoms with Crippen LogP contribution in [0.5, 0.6) is 0 Å². The van der Waals surface area contributed by atoms with Crippen molar-refractivity contribution in [2.24, 2.45) is 5.73 Å². The van der Waals surface area contributed by atoms with Gasteiger partial charge in [0, 0.05) is 5.92 Å². The van der Waals surface area contributed by atoms with Crippen molar-refractivity contribution in [2.45, 2.75) is 43.6 Å². The first kappa shape index (κ1) is 11.2. The van der Waals surface area contributed by atoms with Crippen LogP contribution in [0.25, 0.3) is 0 Å². The Kier molecular flexibility index (Phi) is 2.45. The molecule has 0 aliphatic heterocycles. The second-order valence-corrected chi connectivity index (χ2v) is 5.65. The molecular formula is C15H17N3O. The highest BCUT2D eigenvalue weighted by Gasteiger charge is 2.32. The van der Waals surface area contributed by atoms with Crippen LogP contribution in [0.15, 0.2) is 28.8 Å². The summed E-state index contributed by atoms with van der Waals surface area (Å²) in [4.78, 5) is 4.47. The van der Waals surface area contributed by atoms with Gasteiger partial charge in [-0.05, 0) is 42.7 Å². The number of nitrogens with two attached hydrogens (primary N) is 1. The van der Waals surface area contributed by atoms with Gasteiger partial charge in [0.15, 0.2) is 5.82 Å². The van der Waals surface area contributed by atoms with Crippen LogP contribution in [-0.4, -0.2) is 10.1 Å². The summed E-state index contributed by atoms with van der Waals surface area (Å²) in [5, 5.41) is 4.06. The van der Waals surface area contributed by atoms with Crippen molar-refractivity contribution in [3.63, 3.8) is 0 Å². The maximum atomic E-state index is 6.33. The zero-order valence-electron chi connectivity index (χ0n) is 10.7. The number of aromatic nitrogens is 2. The van der Waals surface area contributed by atoms with Crippen LogP contribution in [0, 0.1) is 0 Å². The number of rotatable bonds is 4. The van der Waals surface area contributed by atoms with E-state index in [1.165, 1.54) is 18.4 Å². The van der Waals surface area contributed by atoms with E-state index in [9.17, 15) is 0 Å². The average Bonchev–Trinajstić information content (AvgIpc) is 3.36. The fourth-order valence-electron chi connectivity index (χ4n) is 2.57. The van der Waals surface area contributed by atoms with E-state index in [1.807, 2.05) is 6.07 Å². The van der Waals surface area contributed by atoms with Crippen LogP contribution in [0.4, 0.5) is 0 Å². The van der Waals surface area contributed by atoms with E-state index in [4.69, 9.17) is 10.3 Å². The van der Waals surface area contributed by atoms with Gasteiger partial charge in [0.05, 0.1) is 6.04 Å². The zero-order valence-corrected chi connectivity index (χ0v) is 10.7. The summed E-state index contributed by atoms with van der Waals surface area (Å²) in [7, 11) is 0. The number of nitrogens with zero attached hydrogens (tertiary/aromatic N) is 2. The first-order valence-electron chi connectivity index (χ1n) is 7.01. The van der Waals surface area contributed by atoms with Gasteiger partial charge in [-0.2, -0.15) is 4.98 Å². The predicted octanol–water partition coefficient (Wildman–Crippen LogP) is 2.87. The van der Waals surface area contributed by atoms with Gasteiger partial charge in [-0.1, -0.05) is 29.4 Å². The van der Waals surface area contributed by atoms with Crippen LogP contribution in [0.1, 0.15) is 66.4 Å². The van der Waals surface area contributed by atoms with Gasteiger partial charge in [0.25, 0.3) is 0 Å². The minimum absolute atomic E-state index is 0.270. The summed E-state index contributed by atoms with van der Waals surface area (Å²) < 4.78 is 5.31. The molecule has 1 heterocycles. The molecule has 98 valence electrons. The molecule has 1 atom stereocenters. The second-order valence-electron chi connectivity index (χ2n) is 5.65. The van der Waals surface area contributed by atoms with Crippen molar-refractivity contribution in [1.29, 1.82) is 0 Å². The van der Waals surface area contributed by atoms with Gasteiger partial charge in [0.2, 0.25) is 5.89 Å². The van der Waals surface area contributed by atoms with Crippen molar-refractivity contribution < 1.29 is 4.52 Å². The first-order chi connectivity index (χ1) is 9.33. The molecule has 2 N–H and O–H groups in total. The topological polar surface area (TPSA) is 64.9 Å². The third-order valence-corrected chi connectivity index (χ3v) is 4.01. The Morgan fingerprint density at radius 3 is 2.58 bits per heavy atom. The fraction of sp³-hybridized carbons (Fsp3) is 0.467. The Balaban J connectivity index is 1.66. The fourth-order valence-corrected chi connectivity index (χ4v) is 2.57. The van der Waals surface area contributed by atoms with Crippen molar-refractivity contribution in [3.8, 4) is 0 Å². The summed E-state index contributed by atoms with van der Waals surface area (Å²) in [6.07, 6.45) is 4.86. The number of hydrogen-bond acceptors (Lipinski definition) is 4. The van der Waals surface area contributed by atoms with Crippen molar-refractivity contribution in [3.05, 3.63) is 47.1 Å². The summed E-state index contributed by atoms with van der Waals surface area (Å²) >= 11 is 0. The Labute approximate surface area is 112 Å². The molecule has 2 aliphatic rings. The van der Waals surface area contributed by atoms with E-state index in [-0.39, 0.29) is 6.04 Å². The summed E-state index contributed by atoms with van der Waals surface area (Å²) in [5.74, 6) is 2.54. The van der Waals surface area contributed by atoms with Gasteiger partial charge >= 0.3 is 0 Å². The van der Waals surface area contributed by atoms with Crippen LogP contribution >= 0.6 is 0 Å². The van der Waals surface area contributed by atoms with Gasteiger partial charge in [0.1, 0.15) is 0 Å². The molecule has 2 saturated carbocycles. The molecule has 0 amide bonds. The second kappa shape index (κ2) is 4.17. The largest absolute Gasteiger partial charge is 0.339 e. The summed E-state index contributed by atoms with van der Waals surface area (Å²) in [6, 6.07) is 8.10. The smallest absolute Gasteiger partial charge is 0.229 e. The van der Waals surface area contributed by atoms with E-state index < -0.39 is 0 Å². The maximum absolute atomic E-state index is 6.33. The highest BCUT2D eigenvalue weighted by atomic mass is 16.5. The van der Waals surface area contributed by atoms with Gasteiger partial charge in [-0.3, -0.25) is 0 Å². The molecule has 0 radical (unpaired) electrons. The molecule has 2 fully saturated rings. The van der Waals surface area contributed by atoms with Crippen molar-refractivity contribution in [2.75, 3.05) is 0 Å². The SMILES string of the molecule is NC(c1noc(C2CC2)n1)c1ccccc1C1CC1. The van der Waals surface area contributed by atoms with E-state index in [0.29, 0.717) is 17.7 Å². The van der Waals surface area contributed by atoms with Gasteiger partial charge in [-0.25, -0.2) is 0 Å². The quantitative estimate of drug-likeness (QED) is 0.912. The van der Waals surface area contributed by atoms with E-state index in [0.717, 1.165) is 24.3 Å². The first-order valence-corrected chi connectivity index (χ1v) is 7.01. The minimum Gasteiger partial charge on any atom is -0.339 e. The molecular weight excluding hydrogens is 238 g/mol. The van der Waals surface area contributed by atoms with Crippen LogP contribution in [-0.2, 0) is 0 Å².